The van der Waals surface area contributed by atoms with Gasteiger partial charge in [-0.05, 0) is 41.7 Å². The molecule has 2 aromatic carbocycles. The number of piperazine rings is 1. The van der Waals surface area contributed by atoms with E-state index in [-0.39, 0.29) is 69.0 Å². The number of benzene rings is 2. The van der Waals surface area contributed by atoms with Crippen LogP contribution in [0.15, 0.2) is 36.4 Å². The summed E-state index contributed by atoms with van der Waals surface area (Å²) >= 11 is 12.3. The molecule has 0 spiro atoms. The van der Waals surface area contributed by atoms with Crippen LogP contribution in [0.2, 0.25) is 10.0 Å². The molecule has 40 heavy (non-hydrogen) atoms. The Kier molecular flexibility index (Phi) is 11.1. The number of anilines is 1. The Bertz CT molecular complexity index is 1190. The highest BCUT2D eigenvalue weighted by molar-refractivity contribution is 6.35. The normalized spacial score (nSPS) is 15.8. The van der Waals surface area contributed by atoms with Crippen LogP contribution in [0, 0.1) is 5.92 Å². The summed E-state index contributed by atoms with van der Waals surface area (Å²) < 4.78 is 42.2. The maximum Gasteiger partial charge on any atom is 0.418 e. The van der Waals surface area contributed by atoms with Crippen LogP contribution in [0.25, 0.3) is 0 Å². The van der Waals surface area contributed by atoms with Gasteiger partial charge >= 0.3 is 6.18 Å². The van der Waals surface area contributed by atoms with Crippen molar-refractivity contribution in [1.82, 2.24) is 10.2 Å². The molecule has 1 aliphatic rings. The van der Waals surface area contributed by atoms with Crippen LogP contribution in [-0.2, 0) is 22.2 Å². The minimum absolute atomic E-state index is 0.0412. The first-order valence-corrected chi connectivity index (χ1v) is 14.0. The predicted molar refractivity (Wildman–Crippen MR) is 152 cm³/mol. The van der Waals surface area contributed by atoms with Gasteiger partial charge in [0.15, 0.2) is 0 Å². The third-order valence-electron chi connectivity index (χ3n) is 6.85. The summed E-state index contributed by atoms with van der Waals surface area (Å²) in [6.07, 6.45) is -3.87. The van der Waals surface area contributed by atoms with Crippen molar-refractivity contribution in [3.63, 3.8) is 0 Å². The van der Waals surface area contributed by atoms with Crippen molar-refractivity contribution in [2.45, 2.75) is 51.4 Å². The van der Waals surface area contributed by atoms with E-state index in [1.165, 1.54) is 6.07 Å². The molecule has 0 aromatic heterocycles. The Morgan fingerprint density at radius 1 is 1.07 bits per heavy atom. The molecule has 7 nitrogen and oxygen atoms in total. The van der Waals surface area contributed by atoms with Gasteiger partial charge in [-0.15, -0.1) is 0 Å². The summed E-state index contributed by atoms with van der Waals surface area (Å²) in [5.41, 5.74) is 12.3. The smallest absolute Gasteiger partial charge is 0.367 e. The lowest BCUT2D eigenvalue weighted by Gasteiger charge is -2.40. The molecule has 0 aliphatic carbocycles. The summed E-state index contributed by atoms with van der Waals surface area (Å²) in [6.45, 7) is 4.74. The summed E-state index contributed by atoms with van der Waals surface area (Å²) in [7, 11) is 0. The number of halogens is 5. The topological polar surface area (TPSA) is 105 Å². The number of hydrogen-bond donors (Lipinski definition) is 3. The van der Waals surface area contributed by atoms with Gasteiger partial charge in [-0.25, -0.2) is 0 Å². The summed E-state index contributed by atoms with van der Waals surface area (Å²) in [6, 6.07) is 7.49. The highest BCUT2D eigenvalue weighted by Crippen LogP contribution is 2.41. The van der Waals surface area contributed by atoms with Crippen LogP contribution in [0.3, 0.4) is 0 Å². The SMILES string of the molecule is CC(C)C[C@@H](N)c1cccc(C(F)(F)F)c1N1CCN(C(=O)[C@@H](Cc2ccc(Cl)cc2Cl)NC(=O)CCN)CC1. The fourth-order valence-electron chi connectivity index (χ4n) is 4.95. The number of rotatable bonds is 10. The van der Waals surface area contributed by atoms with Gasteiger partial charge < -0.3 is 26.6 Å². The molecule has 0 unspecified atom stereocenters. The minimum Gasteiger partial charge on any atom is -0.367 e. The van der Waals surface area contributed by atoms with Crippen molar-refractivity contribution >= 4 is 40.7 Å². The van der Waals surface area contributed by atoms with Crippen molar-refractivity contribution < 1.29 is 22.8 Å². The van der Waals surface area contributed by atoms with Gasteiger partial charge in [-0.2, -0.15) is 13.2 Å². The summed E-state index contributed by atoms with van der Waals surface area (Å²) in [5, 5.41) is 3.53. The first kappa shape index (κ1) is 32.0. The van der Waals surface area contributed by atoms with Crippen LogP contribution < -0.4 is 21.7 Å². The van der Waals surface area contributed by atoms with Gasteiger partial charge in [0, 0.05) is 61.7 Å². The molecular formula is C28H36Cl2F3N5O2. The number of alkyl halides is 3. The first-order valence-electron chi connectivity index (χ1n) is 13.2. The molecule has 5 N–H and O–H groups in total. The second-order valence-electron chi connectivity index (χ2n) is 10.4. The minimum atomic E-state index is -4.56. The number of nitrogens with zero attached hydrogens (tertiary/aromatic N) is 2. The second-order valence-corrected chi connectivity index (χ2v) is 11.2. The third-order valence-corrected chi connectivity index (χ3v) is 7.44. The largest absolute Gasteiger partial charge is 0.418 e. The van der Waals surface area contributed by atoms with Crippen molar-refractivity contribution in [2.75, 3.05) is 37.6 Å². The molecule has 220 valence electrons. The van der Waals surface area contributed by atoms with Gasteiger partial charge in [0.05, 0.1) is 11.3 Å². The first-order chi connectivity index (χ1) is 18.8. The summed E-state index contributed by atoms with van der Waals surface area (Å²) in [4.78, 5) is 29.2. The van der Waals surface area contributed by atoms with Crippen molar-refractivity contribution in [1.29, 1.82) is 0 Å². The lowest BCUT2D eigenvalue weighted by Crippen LogP contribution is -2.56. The molecule has 3 rings (SSSR count). The fourth-order valence-corrected chi connectivity index (χ4v) is 5.44. The monoisotopic (exact) mass is 601 g/mol. The van der Waals surface area contributed by atoms with Crippen LogP contribution in [-0.4, -0.2) is 55.5 Å². The predicted octanol–water partition coefficient (Wildman–Crippen LogP) is 4.78. The van der Waals surface area contributed by atoms with Crippen molar-refractivity contribution in [3.8, 4) is 0 Å². The number of amides is 2. The lowest BCUT2D eigenvalue weighted by molar-refractivity contribution is -0.138. The maximum atomic E-state index is 14.1. The molecule has 0 saturated carbocycles. The van der Waals surface area contributed by atoms with E-state index in [1.807, 2.05) is 13.8 Å². The van der Waals surface area contributed by atoms with Crippen molar-refractivity contribution in [2.24, 2.45) is 17.4 Å². The Morgan fingerprint density at radius 3 is 2.33 bits per heavy atom. The fraction of sp³-hybridized carbons (Fsp3) is 0.500. The Morgan fingerprint density at radius 2 is 1.75 bits per heavy atom. The average Bonchev–Trinajstić information content (AvgIpc) is 2.88. The van der Waals surface area contributed by atoms with E-state index in [2.05, 4.69) is 5.32 Å². The van der Waals surface area contributed by atoms with Crippen LogP contribution in [0.5, 0.6) is 0 Å². The zero-order chi connectivity index (χ0) is 29.6. The zero-order valence-electron chi connectivity index (χ0n) is 22.6. The molecule has 2 amide bonds. The van der Waals surface area contributed by atoms with Gasteiger partial charge in [0.1, 0.15) is 6.04 Å². The quantitative estimate of drug-likeness (QED) is 0.363. The van der Waals surface area contributed by atoms with E-state index in [1.54, 1.807) is 34.1 Å². The van der Waals surface area contributed by atoms with Crippen LogP contribution >= 0.6 is 23.2 Å². The zero-order valence-corrected chi connectivity index (χ0v) is 24.1. The molecule has 12 heteroatoms. The number of carbonyl (C=O) groups is 2. The number of carbonyl (C=O) groups excluding carboxylic acids is 2. The Balaban J connectivity index is 1.83. The van der Waals surface area contributed by atoms with Gasteiger partial charge in [0.2, 0.25) is 11.8 Å². The molecule has 0 bridgehead atoms. The molecule has 1 fully saturated rings. The van der Waals surface area contributed by atoms with E-state index in [0.29, 0.717) is 27.6 Å². The maximum absolute atomic E-state index is 14.1. The molecule has 1 heterocycles. The van der Waals surface area contributed by atoms with Crippen LogP contribution in [0.4, 0.5) is 18.9 Å². The van der Waals surface area contributed by atoms with Crippen LogP contribution in [0.1, 0.15) is 49.4 Å². The van der Waals surface area contributed by atoms with E-state index in [9.17, 15) is 22.8 Å². The standard InChI is InChI=1S/C28H36Cl2F3N5O2/c1-17(2)14-23(35)20-4-3-5-21(28(31,32)33)26(20)37-10-12-38(13-11-37)27(40)24(36-25(39)8-9-34)15-18-6-7-19(29)16-22(18)30/h3-7,16-17,23-24H,8-15,34-35H2,1-2H3,(H,36,39)/t23-,24-/m1/s1. The molecule has 0 radical (unpaired) electrons. The molecule has 1 aliphatic heterocycles. The average molecular weight is 603 g/mol. The number of nitrogens with two attached hydrogens (primary N) is 2. The molecule has 2 atom stereocenters. The number of nitrogens with one attached hydrogen (secondary N) is 1. The van der Waals surface area contributed by atoms with E-state index in [0.717, 1.165) is 6.07 Å². The Labute approximate surface area is 242 Å². The number of para-hydroxylation sites is 1. The molecule has 1 saturated heterocycles. The second kappa shape index (κ2) is 13.9. The Hall–Kier alpha value is -2.53. The molecule has 2 aromatic rings. The van der Waals surface area contributed by atoms with Gasteiger partial charge in [0.25, 0.3) is 0 Å². The van der Waals surface area contributed by atoms with E-state index in [4.69, 9.17) is 34.7 Å². The highest BCUT2D eigenvalue weighted by atomic mass is 35.5. The number of hydrogen-bond acceptors (Lipinski definition) is 5. The van der Waals surface area contributed by atoms with E-state index >= 15 is 0 Å². The third kappa shape index (κ3) is 8.25. The van der Waals surface area contributed by atoms with Crippen molar-refractivity contribution in [3.05, 3.63) is 63.1 Å². The van der Waals surface area contributed by atoms with E-state index < -0.39 is 23.8 Å². The summed E-state index contributed by atoms with van der Waals surface area (Å²) in [5.74, 6) is -0.531. The lowest BCUT2D eigenvalue weighted by atomic mass is 9.93. The molecular weight excluding hydrogens is 566 g/mol. The van der Waals surface area contributed by atoms with Gasteiger partial charge in [-0.3, -0.25) is 9.59 Å². The van der Waals surface area contributed by atoms with Gasteiger partial charge in [-0.1, -0.05) is 55.2 Å². The highest BCUT2D eigenvalue weighted by Gasteiger charge is 2.38.